The number of phenols is 1. The molecule has 8 heteroatoms. The van der Waals surface area contributed by atoms with Gasteiger partial charge in [0.05, 0.1) is 3.57 Å². The number of phenolic OH excluding ortho intramolecular Hbond substituents is 1. The second-order valence-corrected chi connectivity index (χ2v) is 5.48. The van der Waals surface area contributed by atoms with Gasteiger partial charge in [0.15, 0.2) is 0 Å². The zero-order valence-corrected chi connectivity index (χ0v) is 13.0. The van der Waals surface area contributed by atoms with E-state index in [4.69, 9.17) is 10.2 Å². The summed E-state index contributed by atoms with van der Waals surface area (Å²) in [6.07, 6.45) is -0.00177. The van der Waals surface area contributed by atoms with Crippen molar-refractivity contribution in [1.82, 2.24) is 5.32 Å². The van der Waals surface area contributed by atoms with Crippen LogP contribution in [0.2, 0.25) is 0 Å². The molecule has 0 fully saturated rings. The average Bonchev–Trinajstić information content (AvgIpc) is 2.40. The average molecular weight is 407 g/mol. The highest BCUT2D eigenvalue weighted by Crippen LogP contribution is 2.20. The van der Waals surface area contributed by atoms with Crippen molar-refractivity contribution in [2.75, 3.05) is 0 Å². The Hall–Kier alpha value is -1.84. The molecule has 1 atom stereocenters. The maximum Gasteiger partial charge on any atom is 0.326 e. The van der Waals surface area contributed by atoms with Crippen molar-refractivity contribution in [1.29, 1.82) is 0 Å². The van der Waals surface area contributed by atoms with Crippen LogP contribution in [0.1, 0.15) is 29.6 Å². The molecule has 0 heterocycles. The summed E-state index contributed by atoms with van der Waals surface area (Å²) in [4.78, 5) is 33.4. The lowest BCUT2D eigenvalue weighted by atomic mass is 10.1. The Labute approximate surface area is 134 Å². The molecular weight excluding hydrogens is 393 g/mol. The smallest absolute Gasteiger partial charge is 0.326 e. The summed E-state index contributed by atoms with van der Waals surface area (Å²) in [5, 5.41) is 29.4. The van der Waals surface area contributed by atoms with Crippen molar-refractivity contribution < 1.29 is 29.7 Å². The molecule has 0 spiro atoms. The van der Waals surface area contributed by atoms with Gasteiger partial charge >= 0.3 is 11.9 Å². The van der Waals surface area contributed by atoms with Gasteiger partial charge in [-0.1, -0.05) is 0 Å². The Kier molecular flexibility index (Phi) is 6.40. The number of nitrogens with one attached hydrogen (secondary N) is 1. The van der Waals surface area contributed by atoms with Gasteiger partial charge in [-0.15, -0.1) is 0 Å². The first kappa shape index (κ1) is 17.2. The summed E-state index contributed by atoms with van der Waals surface area (Å²) in [5.41, 5.74) is 0.136. The maximum absolute atomic E-state index is 11.9. The van der Waals surface area contributed by atoms with Crippen LogP contribution in [0.15, 0.2) is 18.2 Å². The number of carboxylic acid groups (broad SMARTS) is 2. The molecule has 0 aliphatic heterocycles. The molecule has 1 aromatic rings. The van der Waals surface area contributed by atoms with E-state index in [9.17, 15) is 19.5 Å². The van der Waals surface area contributed by atoms with E-state index in [1.807, 2.05) is 22.6 Å². The summed E-state index contributed by atoms with van der Waals surface area (Å²) in [6.45, 7) is 0. The summed E-state index contributed by atoms with van der Waals surface area (Å²) in [7, 11) is 0. The van der Waals surface area contributed by atoms with E-state index < -0.39 is 23.9 Å². The molecule has 0 aliphatic carbocycles. The molecule has 0 bridgehead atoms. The first-order chi connectivity index (χ1) is 9.81. The lowest BCUT2D eigenvalue weighted by Gasteiger charge is -2.14. The first-order valence-corrected chi connectivity index (χ1v) is 7.13. The molecule has 0 saturated carbocycles. The quantitative estimate of drug-likeness (QED) is 0.507. The number of amides is 1. The number of halogens is 1. The minimum atomic E-state index is -1.23. The number of carbonyl (C=O) groups excluding carboxylic acids is 1. The van der Waals surface area contributed by atoms with Crippen molar-refractivity contribution in [2.45, 2.75) is 25.3 Å². The Bertz CT molecular complexity index is 560. The van der Waals surface area contributed by atoms with Gasteiger partial charge in [-0.2, -0.15) is 0 Å². The van der Waals surface area contributed by atoms with Gasteiger partial charge in [0.2, 0.25) is 0 Å². The molecule has 0 aliphatic rings. The highest BCUT2D eigenvalue weighted by Gasteiger charge is 2.21. The maximum atomic E-state index is 11.9. The Morgan fingerprint density at radius 2 is 1.90 bits per heavy atom. The van der Waals surface area contributed by atoms with Gasteiger partial charge in [-0.05, 0) is 53.6 Å². The van der Waals surface area contributed by atoms with Crippen LogP contribution in [-0.4, -0.2) is 39.2 Å². The fourth-order valence-electron chi connectivity index (χ4n) is 1.61. The molecular formula is C13H14INO6. The molecule has 0 unspecified atom stereocenters. The van der Waals surface area contributed by atoms with Crippen LogP contribution in [0, 0.1) is 3.57 Å². The number of aliphatic carboxylic acids is 2. The summed E-state index contributed by atoms with van der Waals surface area (Å²) < 4.78 is 0.570. The molecule has 114 valence electrons. The fraction of sp³-hybridized carbons (Fsp3) is 0.308. The molecule has 7 nitrogen and oxygen atoms in total. The lowest BCUT2D eigenvalue weighted by Crippen LogP contribution is -2.40. The minimum Gasteiger partial charge on any atom is -0.507 e. The van der Waals surface area contributed by atoms with Crippen LogP contribution < -0.4 is 5.32 Å². The fourth-order valence-corrected chi connectivity index (χ4v) is 1.95. The second kappa shape index (κ2) is 7.81. The first-order valence-electron chi connectivity index (χ1n) is 6.05. The lowest BCUT2D eigenvalue weighted by molar-refractivity contribution is -0.140. The molecule has 4 N–H and O–H groups in total. The zero-order valence-electron chi connectivity index (χ0n) is 10.9. The molecule has 21 heavy (non-hydrogen) atoms. The predicted octanol–water partition coefficient (Wildman–Crippen LogP) is 1.43. The third kappa shape index (κ3) is 5.58. The van der Waals surface area contributed by atoms with Crippen LogP contribution >= 0.6 is 22.6 Å². The van der Waals surface area contributed by atoms with E-state index >= 15 is 0 Å². The van der Waals surface area contributed by atoms with Crippen LogP contribution in [0.3, 0.4) is 0 Å². The van der Waals surface area contributed by atoms with Crippen LogP contribution in [0.4, 0.5) is 0 Å². The topological polar surface area (TPSA) is 124 Å². The van der Waals surface area contributed by atoms with E-state index in [-0.39, 0.29) is 30.6 Å². The molecule has 0 saturated heterocycles. The molecule has 0 radical (unpaired) electrons. The highest BCUT2D eigenvalue weighted by atomic mass is 127. The van der Waals surface area contributed by atoms with Gasteiger partial charge in [0.1, 0.15) is 11.8 Å². The monoisotopic (exact) mass is 407 g/mol. The van der Waals surface area contributed by atoms with Crippen molar-refractivity contribution in [2.24, 2.45) is 0 Å². The predicted molar refractivity (Wildman–Crippen MR) is 81.2 cm³/mol. The van der Waals surface area contributed by atoms with E-state index in [1.165, 1.54) is 18.2 Å². The second-order valence-electron chi connectivity index (χ2n) is 4.32. The SMILES string of the molecule is O=C(O)CCC[C@@H](NC(=O)c1ccc(I)c(O)c1)C(=O)O. The normalized spacial score (nSPS) is 11.7. The number of rotatable bonds is 7. The van der Waals surface area contributed by atoms with E-state index in [0.717, 1.165) is 0 Å². The van der Waals surface area contributed by atoms with Gasteiger partial charge < -0.3 is 20.6 Å². The molecule has 0 aromatic heterocycles. The number of carboxylic acids is 2. The van der Waals surface area contributed by atoms with Crippen molar-refractivity contribution >= 4 is 40.4 Å². The largest absolute Gasteiger partial charge is 0.507 e. The Balaban J connectivity index is 2.69. The number of benzene rings is 1. The van der Waals surface area contributed by atoms with E-state index in [2.05, 4.69) is 5.32 Å². The van der Waals surface area contributed by atoms with Crippen molar-refractivity contribution in [3.05, 3.63) is 27.3 Å². The zero-order chi connectivity index (χ0) is 16.0. The molecule has 1 aromatic carbocycles. The highest BCUT2D eigenvalue weighted by molar-refractivity contribution is 14.1. The number of aromatic hydroxyl groups is 1. The molecule has 1 rings (SSSR count). The minimum absolute atomic E-state index is 0.0176. The Morgan fingerprint density at radius 1 is 1.24 bits per heavy atom. The third-order valence-electron chi connectivity index (χ3n) is 2.70. The third-order valence-corrected chi connectivity index (χ3v) is 3.61. The standard InChI is InChI=1S/C13H14INO6/c14-8-5-4-7(6-10(8)16)12(19)15-9(13(20)21)2-1-3-11(17)18/h4-6,9,16H,1-3H2,(H,15,19)(H,17,18)(H,20,21)/t9-/m1/s1. The summed E-state index contributed by atoms with van der Waals surface area (Å²) >= 11 is 1.89. The van der Waals surface area contributed by atoms with Gasteiger partial charge in [0, 0.05) is 12.0 Å². The number of hydrogen-bond donors (Lipinski definition) is 4. The van der Waals surface area contributed by atoms with Gasteiger partial charge in [-0.25, -0.2) is 4.79 Å². The Morgan fingerprint density at radius 3 is 2.43 bits per heavy atom. The van der Waals surface area contributed by atoms with Gasteiger partial charge in [0.25, 0.3) is 5.91 Å². The summed E-state index contributed by atoms with van der Waals surface area (Å²) in [6, 6.07) is 3.07. The van der Waals surface area contributed by atoms with Crippen LogP contribution in [-0.2, 0) is 9.59 Å². The van der Waals surface area contributed by atoms with E-state index in [1.54, 1.807) is 0 Å². The molecule has 1 amide bonds. The van der Waals surface area contributed by atoms with Crippen LogP contribution in [0.5, 0.6) is 5.75 Å². The van der Waals surface area contributed by atoms with E-state index in [0.29, 0.717) is 3.57 Å². The summed E-state index contributed by atoms with van der Waals surface area (Å²) in [5.74, 6) is -2.96. The van der Waals surface area contributed by atoms with Gasteiger partial charge in [-0.3, -0.25) is 9.59 Å². The van der Waals surface area contributed by atoms with Crippen molar-refractivity contribution in [3.63, 3.8) is 0 Å². The van der Waals surface area contributed by atoms with Crippen LogP contribution in [0.25, 0.3) is 0 Å². The number of hydrogen-bond acceptors (Lipinski definition) is 4. The van der Waals surface area contributed by atoms with Crippen molar-refractivity contribution in [3.8, 4) is 5.75 Å². The number of carbonyl (C=O) groups is 3.